The molecule has 3 N–H and O–H groups in total. The largest absolute Gasteiger partial charge is 0.399 e. The maximum Gasteiger partial charge on any atom is 0.242 e. The minimum Gasteiger partial charge on any atom is -0.399 e. The van der Waals surface area contributed by atoms with Crippen LogP contribution in [0.15, 0.2) is 48.5 Å². The first-order valence-corrected chi connectivity index (χ1v) is 6.12. The van der Waals surface area contributed by atoms with Crippen molar-refractivity contribution in [1.82, 2.24) is 5.10 Å². The van der Waals surface area contributed by atoms with Crippen LogP contribution < -0.4 is 10.4 Å². The topological polar surface area (TPSA) is 45.7 Å². The van der Waals surface area contributed by atoms with Crippen molar-refractivity contribution in [2.24, 2.45) is 0 Å². The van der Waals surface area contributed by atoms with Crippen molar-refractivity contribution < 1.29 is 4.68 Å². The molecule has 0 bridgehead atoms. The standard InChI is InChI=1S/C14H12ClN3/c15-14-12-7-6-11(16)8-13(12)18(17-14)9-10-4-2-1-3-5-10/h1-8H,9H2,(H2,16,17)/p+1. The molecule has 1 heterocycles. The van der Waals surface area contributed by atoms with Crippen LogP contribution in [0.25, 0.3) is 10.9 Å². The third-order valence-electron chi connectivity index (χ3n) is 2.97. The number of aromatic nitrogens is 2. The number of hydrogen-bond acceptors (Lipinski definition) is 1. The van der Waals surface area contributed by atoms with Gasteiger partial charge in [0, 0.05) is 17.3 Å². The van der Waals surface area contributed by atoms with Crippen LogP contribution in [0, 0.1) is 0 Å². The highest BCUT2D eigenvalue weighted by atomic mass is 35.5. The summed E-state index contributed by atoms with van der Waals surface area (Å²) in [7, 11) is 0. The Hall–Kier alpha value is -2.00. The van der Waals surface area contributed by atoms with E-state index < -0.39 is 0 Å². The van der Waals surface area contributed by atoms with Crippen LogP contribution in [0.3, 0.4) is 0 Å². The summed E-state index contributed by atoms with van der Waals surface area (Å²) in [6.45, 7) is 0.744. The van der Waals surface area contributed by atoms with Crippen molar-refractivity contribution in [3.8, 4) is 0 Å². The summed E-state index contributed by atoms with van der Waals surface area (Å²) in [6, 6.07) is 15.9. The zero-order valence-corrected chi connectivity index (χ0v) is 10.5. The average Bonchev–Trinajstić information content (AvgIpc) is 2.67. The van der Waals surface area contributed by atoms with Gasteiger partial charge >= 0.3 is 0 Å². The second-order valence-electron chi connectivity index (χ2n) is 4.27. The van der Waals surface area contributed by atoms with Gasteiger partial charge in [0.25, 0.3) is 0 Å². The predicted octanol–water partition coefficient (Wildman–Crippen LogP) is 2.74. The highest BCUT2D eigenvalue weighted by Gasteiger charge is 2.16. The van der Waals surface area contributed by atoms with Crippen molar-refractivity contribution in [2.45, 2.75) is 6.54 Å². The number of fused-ring (bicyclic) bond motifs is 1. The average molecular weight is 259 g/mol. The molecule has 0 aliphatic heterocycles. The Balaban J connectivity index is 2.09. The molecule has 0 aliphatic carbocycles. The van der Waals surface area contributed by atoms with Gasteiger partial charge in [0.2, 0.25) is 5.52 Å². The van der Waals surface area contributed by atoms with Crippen LogP contribution in [-0.2, 0) is 6.54 Å². The molecule has 0 aliphatic rings. The molecule has 2 aromatic carbocycles. The highest BCUT2D eigenvalue weighted by Crippen LogP contribution is 2.21. The number of halogens is 1. The molecular weight excluding hydrogens is 246 g/mol. The quantitative estimate of drug-likeness (QED) is 0.539. The van der Waals surface area contributed by atoms with Crippen LogP contribution in [0.5, 0.6) is 0 Å². The Labute approximate surface area is 110 Å². The molecule has 3 nitrogen and oxygen atoms in total. The number of nitrogen functional groups attached to an aromatic ring is 1. The molecule has 1 aromatic heterocycles. The molecule has 0 saturated carbocycles. The van der Waals surface area contributed by atoms with Gasteiger partial charge in [-0.25, -0.2) is 0 Å². The molecule has 90 valence electrons. The maximum absolute atomic E-state index is 6.18. The van der Waals surface area contributed by atoms with E-state index in [0.29, 0.717) is 5.15 Å². The summed E-state index contributed by atoms with van der Waals surface area (Å²) in [6.07, 6.45) is 0. The van der Waals surface area contributed by atoms with Crippen molar-refractivity contribution in [1.29, 1.82) is 0 Å². The molecule has 0 fully saturated rings. The molecule has 0 amide bonds. The molecule has 0 saturated heterocycles. The Morgan fingerprint density at radius 3 is 2.67 bits per heavy atom. The first kappa shape index (κ1) is 11.1. The number of anilines is 1. The fourth-order valence-corrected chi connectivity index (χ4v) is 2.35. The van der Waals surface area contributed by atoms with Gasteiger partial charge in [-0.2, -0.15) is 5.10 Å². The molecule has 3 rings (SSSR count). The highest BCUT2D eigenvalue weighted by molar-refractivity contribution is 6.33. The van der Waals surface area contributed by atoms with Crippen LogP contribution in [-0.4, -0.2) is 5.10 Å². The van der Waals surface area contributed by atoms with Gasteiger partial charge in [0.1, 0.15) is 0 Å². The van der Waals surface area contributed by atoms with Gasteiger partial charge in [-0.3, -0.25) is 0 Å². The Kier molecular flexibility index (Phi) is 2.68. The van der Waals surface area contributed by atoms with Gasteiger partial charge in [-0.05, 0) is 12.1 Å². The van der Waals surface area contributed by atoms with Crippen molar-refractivity contribution in [2.75, 3.05) is 5.73 Å². The molecule has 0 atom stereocenters. The van der Waals surface area contributed by atoms with Gasteiger partial charge in [0.15, 0.2) is 11.7 Å². The lowest BCUT2D eigenvalue weighted by Crippen LogP contribution is -2.36. The van der Waals surface area contributed by atoms with E-state index in [-0.39, 0.29) is 0 Å². The third kappa shape index (κ3) is 1.93. The van der Waals surface area contributed by atoms with Crippen LogP contribution >= 0.6 is 11.6 Å². The summed E-state index contributed by atoms with van der Waals surface area (Å²) >= 11 is 6.18. The first-order chi connectivity index (χ1) is 8.74. The molecule has 4 heteroatoms. The molecule has 0 spiro atoms. The second-order valence-corrected chi connectivity index (χ2v) is 4.65. The second kappa shape index (κ2) is 4.35. The Bertz CT molecular complexity index is 689. The van der Waals surface area contributed by atoms with Crippen molar-refractivity contribution >= 4 is 28.2 Å². The fraction of sp³-hybridized carbons (Fsp3) is 0.0714. The van der Waals surface area contributed by atoms with Crippen molar-refractivity contribution in [3.05, 3.63) is 59.2 Å². The molecule has 0 radical (unpaired) electrons. The number of rotatable bonds is 2. The number of nitrogens with one attached hydrogen (secondary N) is 1. The summed E-state index contributed by atoms with van der Waals surface area (Å²) in [5.74, 6) is 0. The predicted molar refractivity (Wildman–Crippen MR) is 73.5 cm³/mol. The SMILES string of the molecule is Nc1ccc2c(Cl)[nH][n+](Cc3ccccc3)c2c1. The minimum absolute atomic E-state index is 0.640. The van der Waals surface area contributed by atoms with Gasteiger partial charge in [-0.1, -0.05) is 41.9 Å². The molecular formula is C14H13ClN3+. The first-order valence-electron chi connectivity index (χ1n) is 5.74. The van der Waals surface area contributed by atoms with Crippen molar-refractivity contribution in [3.63, 3.8) is 0 Å². The molecule has 0 unspecified atom stereocenters. The smallest absolute Gasteiger partial charge is 0.242 e. The van der Waals surface area contributed by atoms with E-state index in [4.69, 9.17) is 17.3 Å². The van der Waals surface area contributed by atoms with Crippen LogP contribution in [0.4, 0.5) is 5.69 Å². The molecule has 18 heavy (non-hydrogen) atoms. The van der Waals surface area contributed by atoms with Crippen LogP contribution in [0.2, 0.25) is 5.15 Å². The Morgan fingerprint density at radius 2 is 1.89 bits per heavy atom. The lowest BCUT2D eigenvalue weighted by molar-refractivity contribution is -0.718. The van der Waals surface area contributed by atoms with E-state index in [1.54, 1.807) is 0 Å². The number of benzene rings is 2. The van der Waals surface area contributed by atoms with E-state index in [1.165, 1.54) is 5.56 Å². The number of nitrogens with two attached hydrogens (primary N) is 1. The summed E-state index contributed by atoms with van der Waals surface area (Å²) in [5, 5.41) is 4.78. The molecule has 3 aromatic rings. The van der Waals surface area contributed by atoms with Crippen LogP contribution in [0.1, 0.15) is 5.56 Å². The number of hydrogen-bond donors (Lipinski definition) is 2. The zero-order valence-electron chi connectivity index (χ0n) is 9.73. The van der Waals surface area contributed by atoms with E-state index in [1.807, 2.05) is 41.1 Å². The van der Waals surface area contributed by atoms with E-state index in [0.717, 1.165) is 23.1 Å². The van der Waals surface area contributed by atoms with Gasteiger partial charge < -0.3 is 5.73 Å². The Morgan fingerprint density at radius 1 is 1.11 bits per heavy atom. The third-order valence-corrected chi connectivity index (χ3v) is 3.25. The lowest BCUT2D eigenvalue weighted by Gasteiger charge is -1.95. The summed E-state index contributed by atoms with van der Waals surface area (Å²) < 4.78 is 2.00. The monoisotopic (exact) mass is 258 g/mol. The number of H-pyrrole nitrogens is 1. The van der Waals surface area contributed by atoms with Gasteiger partial charge in [-0.15, -0.1) is 4.68 Å². The van der Waals surface area contributed by atoms with Gasteiger partial charge in [0.05, 0.1) is 5.39 Å². The lowest BCUT2D eigenvalue weighted by atomic mass is 10.2. The number of nitrogens with zero attached hydrogens (tertiary/aromatic N) is 1. The zero-order chi connectivity index (χ0) is 12.5. The normalized spacial score (nSPS) is 10.9. The number of aromatic amines is 1. The fourth-order valence-electron chi connectivity index (χ4n) is 2.09. The summed E-state index contributed by atoms with van der Waals surface area (Å²) in [5.41, 5.74) is 8.79. The minimum atomic E-state index is 0.640. The van der Waals surface area contributed by atoms with E-state index in [2.05, 4.69) is 17.2 Å². The van der Waals surface area contributed by atoms with E-state index >= 15 is 0 Å². The summed E-state index contributed by atoms with van der Waals surface area (Å²) in [4.78, 5) is 0. The van der Waals surface area contributed by atoms with E-state index in [9.17, 15) is 0 Å². The maximum atomic E-state index is 6.18.